The largest absolute Gasteiger partial charge is 0.451 e. The van der Waals surface area contributed by atoms with Crippen LogP contribution >= 0.6 is 0 Å². The molecule has 0 saturated heterocycles. The van der Waals surface area contributed by atoms with E-state index in [0.717, 1.165) is 0 Å². The first-order valence-corrected chi connectivity index (χ1v) is 13.1. The van der Waals surface area contributed by atoms with Gasteiger partial charge in [-0.05, 0) is 35.4 Å². The first-order valence-electron chi connectivity index (χ1n) is 13.1. The molecular formula is C28H8F26O2. The van der Waals surface area contributed by atoms with E-state index in [9.17, 15) is 114 Å². The second kappa shape index (κ2) is 15.3. The maximum atomic E-state index is 13.6. The molecule has 0 aromatic heterocycles. The Morgan fingerprint density at radius 2 is 0.500 bits per heavy atom. The molecule has 0 aliphatic rings. The molecule has 0 N–H and O–H groups in total. The SMILES string of the molecule is F/C(=C(\C(=C(\Oc1ccc(-c2ccc(O/C(=C(/C(=C(\F)C(F)(F)F)C(F)(F)F)C(F)(F)F)C(F)(F)F)cc2)cc1)C(F)(F)F)C(F)(F)F)C(F)(F)F)C(F)(F)F. The Hall–Kier alpha value is -4.82. The molecule has 28 heteroatoms. The van der Waals surface area contributed by atoms with Gasteiger partial charge in [0.1, 0.15) is 33.8 Å². The van der Waals surface area contributed by atoms with E-state index in [4.69, 9.17) is 0 Å². The quantitative estimate of drug-likeness (QED) is 0.157. The second-order valence-electron chi connectivity index (χ2n) is 10.0. The van der Waals surface area contributed by atoms with Crippen LogP contribution in [0.25, 0.3) is 11.1 Å². The molecule has 0 radical (unpaired) electrons. The van der Waals surface area contributed by atoms with Gasteiger partial charge in [0, 0.05) is 0 Å². The van der Waals surface area contributed by atoms with Crippen molar-refractivity contribution < 1.29 is 124 Å². The van der Waals surface area contributed by atoms with Crippen LogP contribution in [0.5, 0.6) is 11.5 Å². The number of hydrogen-bond donors (Lipinski definition) is 0. The zero-order valence-corrected chi connectivity index (χ0v) is 25.3. The zero-order valence-electron chi connectivity index (χ0n) is 25.3. The van der Waals surface area contributed by atoms with Crippen molar-refractivity contribution in [1.29, 1.82) is 0 Å². The highest BCUT2D eigenvalue weighted by molar-refractivity contribution is 5.65. The van der Waals surface area contributed by atoms with E-state index in [2.05, 4.69) is 9.47 Å². The maximum Gasteiger partial charge on any atom is 0.450 e. The molecule has 0 saturated carbocycles. The summed E-state index contributed by atoms with van der Waals surface area (Å²) in [6.07, 6.45) is -55.7. The second-order valence-corrected chi connectivity index (χ2v) is 10.0. The van der Waals surface area contributed by atoms with Crippen LogP contribution in [-0.2, 0) is 0 Å². The van der Waals surface area contributed by atoms with Gasteiger partial charge in [-0.25, -0.2) is 8.78 Å². The van der Waals surface area contributed by atoms with E-state index in [1.807, 2.05) is 0 Å². The molecule has 0 heterocycles. The summed E-state index contributed by atoms with van der Waals surface area (Å²) in [6, 6.07) is 2.40. The van der Waals surface area contributed by atoms with Gasteiger partial charge in [0.2, 0.25) is 23.2 Å². The third kappa shape index (κ3) is 11.6. The van der Waals surface area contributed by atoms with Gasteiger partial charge in [0.25, 0.3) is 0 Å². The number of benzene rings is 2. The van der Waals surface area contributed by atoms with E-state index in [0.29, 0.717) is 24.3 Å². The van der Waals surface area contributed by atoms with Crippen molar-refractivity contribution in [3.05, 3.63) is 94.0 Å². The van der Waals surface area contributed by atoms with Crippen LogP contribution in [0.4, 0.5) is 114 Å². The normalized spacial score (nSPS) is 16.1. The van der Waals surface area contributed by atoms with Crippen LogP contribution in [0, 0.1) is 0 Å². The molecule has 0 atom stereocenters. The van der Waals surface area contributed by atoms with Crippen LogP contribution in [0.1, 0.15) is 0 Å². The highest BCUT2D eigenvalue weighted by Gasteiger charge is 2.60. The number of alkyl halides is 24. The summed E-state index contributed by atoms with van der Waals surface area (Å²) < 4.78 is 353. The van der Waals surface area contributed by atoms with E-state index in [-0.39, 0.29) is 24.3 Å². The molecule has 0 fully saturated rings. The van der Waals surface area contributed by atoms with Crippen molar-refractivity contribution in [2.24, 2.45) is 0 Å². The molecule has 2 aromatic carbocycles. The summed E-state index contributed by atoms with van der Waals surface area (Å²) in [5, 5.41) is 0. The Labute approximate surface area is 290 Å². The van der Waals surface area contributed by atoms with Crippen LogP contribution in [0.2, 0.25) is 0 Å². The third-order valence-electron chi connectivity index (χ3n) is 6.02. The van der Waals surface area contributed by atoms with Gasteiger partial charge in [-0.2, -0.15) is 105 Å². The molecule has 2 rings (SSSR count). The minimum atomic E-state index is -7.11. The van der Waals surface area contributed by atoms with Gasteiger partial charge >= 0.3 is 49.4 Å². The lowest BCUT2D eigenvalue weighted by Gasteiger charge is -2.24. The molecule has 314 valence electrons. The lowest BCUT2D eigenvalue weighted by atomic mass is 10.0. The lowest BCUT2D eigenvalue weighted by molar-refractivity contribution is -0.149. The molecule has 2 nitrogen and oxygen atoms in total. The molecule has 0 aliphatic carbocycles. The summed E-state index contributed by atoms with van der Waals surface area (Å²) in [4.78, 5) is 0. The van der Waals surface area contributed by atoms with Crippen LogP contribution in [0.3, 0.4) is 0 Å². The molecule has 0 spiro atoms. The molecule has 56 heavy (non-hydrogen) atoms. The Morgan fingerprint density at radius 1 is 0.286 bits per heavy atom. The molecule has 2 aromatic rings. The highest BCUT2D eigenvalue weighted by atomic mass is 19.4. The first-order chi connectivity index (χ1) is 24.7. The van der Waals surface area contributed by atoms with Crippen molar-refractivity contribution >= 4 is 0 Å². The van der Waals surface area contributed by atoms with E-state index < -0.39 is 118 Å². The Bertz CT molecular complexity index is 1710. The standard InChI is InChI=1S/C28H8F26O2/c29-17(25(43,44)45)13(21(31,32)33)15(23(37,38)39)19(27(49,50)51)55-11-5-1-9(2-6-11)10-3-7-12(8-4-10)56-20(28(52,53)54)16(24(40,41)42)14(22(34,35)36)18(30)26(46,47)48/h1-8H/b17-13+,18-14+,19-15-,20-16-. The van der Waals surface area contributed by atoms with Crippen molar-refractivity contribution in [1.82, 2.24) is 0 Å². The summed E-state index contributed by atoms with van der Waals surface area (Å²) in [5.41, 5.74) is -18.6. The van der Waals surface area contributed by atoms with Gasteiger partial charge in [0.15, 0.2) is 0 Å². The number of ether oxygens (including phenoxy) is 2. The fraction of sp³-hybridized carbons (Fsp3) is 0.286. The topological polar surface area (TPSA) is 18.5 Å². The predicted molar refractivity (Wildman–Crippen MR) is 132 cm³/mol. The molecule has 0 unspecified atom stereocenters. The van der Waals surface area contributed by atoms with E-state index in [1.54, 1.807) is 0 Å². The summed E-state index contributed by atoms with van der Waals surface area (Å²) in [7, 11) is 0. The Kier molecular flexibility index (Phi) is 12.9. The Morgan fingerprint density at radius 3 is 0.661 bits per heavy atom. The molecule has 0 bridgehead atoms. The maximum absolute atomic E-state index is 13.6. The fourth-order valence-electron chi connectivity index (χ4n) is 3.97. The van der Waals surface area contributed by atoms with Crippen molar-refractivity contribution in [3.8, 4) is 22.6 Å². The number of halogens is 26. The number of allylic oxidation sites excluding steroid dienone is 8. The average molecular weight is 870 g/mol. The Balaban J connectivity index is 2.74. The minimum Gasteiger partial charge on any atom is -0.451 e. The monoisotopic (exact) mass is 870 g/mol. The zero-order chi connectivity index (χ0) is 44.0. The molecule has 0 aliphatic heterocycles. The lowest BCUT2D eigenvalue weighted by Crippen LogP contribution is -2.33. The van der Waals surface area contributed by atoms with Crippen LogP contribution < -0.4 is 9.47 Å². The van der Waals surface area contributed by atoms with Crippen LogP contribution in [-0.4, -0.2) is 49.4 Å². The van der Waals surface area contributed by atoms with Gasteiger partial charge < -0.3 is 9.47 Å². The summed E-state index contributed by atoms with van der Waals surface area (Å²) >= 11 is 0. The first kappa shape index (κ1) is 47.3. The summed E-state index contributed by atoms with van der Waals surface area (Å²) in [6.45, 7) is 0. The predicted octanol–water partition coefficient (Wildman–Crippen LogP) is 13.6. The smallest absolute Gasteiger partial charge is 0.450 e. The van der Waals surface area contributed by atoms with Crippen molar-refractivity contribution in [2.75, 3.05) is 0 Å². The molecular weight excluding hydrogens is 862 g/mol. The fourth-order valence-corrected chi connectivity index (χ4v) is 3.97. The molecule has 0 amide bonds. The number of rotatable bonds is 7. The average Bonchev–Trinajstić information content (AvgIpc) is 2.96. The van der Waals surface area contributed by atoms with Crippen molar-refractivity contribution in [2.45, 2.75) is 49.4 Å². The summed E-state index contributed by atoms with van der Waals surface area (Å²) in [5.74, 6) is -20.2. The minimum absolute atomic E-state index is 0.150. The van der Waals surface area contributed by atoms with Crippen LogP contribution in [0.15, 0.2) is 94.0 Å². The van der Waals surface area contributed by atoms with Gasteiger partial charge in [-0.15, -0.1) is 0 Å². The van der Waals surface area contributed by atoms with Crippen molar-refractivity contribution in [3.63, 3.8) is 0 Å². The van der Waals surface area contributed by atoms with Gasteiger partial charge in [-0.3, -0.25) is 0 Å². The van der Waals surface area contributed by atoms with E-state index >= 15 is 0 Å². The number of hydrogen-bond acceptors (Lipinski definition) is 2. The van der Waals surface area contributed by atoms with Gasteiger partial charge in [0.05, 0.1) is 0 Å². The van der Waals surface area contributed by atoms with E-state index in [1.165, 1.54) is 0 Å². The highest BCUT2D eigenvalue weighted by Crippen LogP contribution is 2.51. The third-order valence-corrected chi connectivity index (χ3v) is 6.02. The van der Waals surface area contributed by atoms with Gasteiger partial charge in [-0.1, -0.05) is 24.3 Å².